The first-order valence-electron chi connectivity index (χ1n) is 3.60. The number of phenolic OH excluding ortho intramolecular Hbond substituents is 1. The summed E-state index contributed by atoms with van der Waals surface area (Å²) in [7, 11) is 0. The van der Waals surface area contributed by atoms with Gasteiger partial charge in [0.05, 0.1) is 0 Å². The van der Waals surface area contributed by atoms with Crippen molar-refractivity contribution >= 4 is 5.69 Å². The molecule has 1 aromatic rings. The van der Waals surface area contributed by atoms with Crippen LogP contribution in [0.1, 0.15) is 5.56 Å². The summed E-state index contributed by atoms with van der Waals surface area (Å²) in [5.74, 6) is 0.312. The Kier molecular flexibility index (Phi) is 1.32. The van der Waals surface area contributed by atoms with E-state index in [1.165, 1.54) is 5.56 Å². The van der Waals surface area contributed by atoms with Crippen molar-refractivity contribution < 1.29 is 5.11 Å². The third kappa shape index (κ3) is 1.07. The molecule has 1 aromatic carbocycles. The second-order valence-electron chi connectivity index (χ2n) is 2.59. The minimum absolute atomic E-state index is 0.312. The van der Waals surface area contributed by atoms with Gasteiger partial charge < -0.3 is 10.4 Å². The summed E-state index contributed by atoms with van der Waals surface area (Å²) in [5.41, 5.74) is 2.23. The Morgan fingerprint density at radius 1 is 1.36 bits per heavy atom. The van der Waals surface area contributed by atoms with Crippen molar-refractivity contribution in [2.45, 2.75) is 6.42 Å². The van der Waals surface area contributed by atoms with E-state index in [4.69, 9.17) is 5.11 Å². The Balaban J connectivity index is 2.48. The Bertz CT molecular complexity index is 304. The minimum Gasteiger partial charge on any atom is -0.508 e. The van der Waals surface area contributed by atoms with Crippen LogP contribution in [0.15, 0.2) is 30.5 Å². The van der Waals surface area contributed by atoms with Gasteiger partial charge in [-0.1, -0.05) is 12.1 Å². The fourth-order valence-electron chi connectivity index (χ4n) is 1.21. The average molecular weight is 147 g/mol. The molecular weight excluding hydrogens is 138 g/mol. The van der Waals surface area contributed by atoms with Gasteiger partial charge in [0.15, 0.2) is 0 Å². The molecule has 2 heteroatoms. The molecule has 0 amide bonds. The fourth-order valence-corrected chi connectivity index (χ4v) is 1.21. The first kappa shape index (κ1) is 6.28. The monoisotopic (exact) mass is 147 g/mol. The Labute approximate surface area is 65.2 Å². The molecule has 2 N–H and O–H groups in total. The first-order chi connectivity index (χ1) is 5.36. The van der Waals surface area contributed by atoms with Crippen LogP contribution in [0.4, 0.5) is 5.69 Å². The molecule has 0 aliphatic carbocycles. The third-order valence-corrected chi connectivity index (χ3v) is 1.79. The van der Waals surface area contributed by atoms with Gasteiger partial charge in [0.25, 0.3) is 0 Å². The van der Waals surface area contributed by atoms with Crippen LogP contribution < -0.4 is 5.32 Å². The second-order valence-corrected chi connectivity index (χ2v) is 2.59. The highest BCUT2D eigenvalue weighted by atomic mass is 16.3. The van der Waals surface area contributed by atoms with E-state index in [-0.39, 0.29) is 0 Å². The highest BCUT2D eigenvalue weighted by Gasteiger charge is 2.03. The van der Waals surface area contributed by atoms with E-state index in [1.54, 1.807) is 12.1 Å². The van der Waals surface area contributed by atoms with Crippen LogP contribution in [-0.4, -0.2) is 5.11 Å². The van der Waals surface area contributed by atoms with E-state index in [9.17, 15) is 0 Å². The molecule has 56 valence electrons. The van der Waals surface area contributed by atoms with Crippen molar-refractivity contribution in [3.8, 4) is 5.75 Å². The van der Waals surface area contributed by atoms with Crippen LogP contribution >= 0.6 is 0 Å². The molecule has 0 atom stereocenters. The second kappa shape index (κ2) is 2.31. The lowest BCUT2D eigenvalue weighted by molar-refractivity contribution is 0.475. The van der Waals surface area contributed by atoms with Gasteiger partial charge in [-0.15, -0.1) is 0 Å². The Hall–Kier alpha value is -1.44. The first-order valence-corrected chi connectivity index (χ1v) is 3.60. The number of hydrogen-bond acceptors (Lipinski definition) is 2. The number of allylic oxidation sites excluding steroid dienone is 1. The molecule has 0 unspecified atom stereocenters. The van der Waals surface area contributed by atoms with E-state index in [0.29, 0.717) is 5.75 Å². The molecule has 2 rings (SSSR count). The highest BCUT2D eigenvalue weighted by Crippen LogP contribution is 2.24. The maximum atomic E-state index is 9.12. The van der Waals surface area contributed by atoms with Gasteiger partial charge in [0, 0.05) is 11.8 Å². The van der Waals surface area contributed by atoms with E-state index in [0.717, 1.165) is 12.1 Å². The largest absolute Gasteiger partial charge is 0.508 e. The lowest BCUT2D eigenvalue weighted by Gasteiger charge is -2.11. The van der Waals surface area contributed by atoms with Gasteiger partial charge in [-0.05, 0) is 24.3 Å². The molecule has 1 aliphatic rings. The average Bonchev–Trinajstić information content (AvgIpc) is 2.04. The normalized spacial score (nSPS) is 13.8. The molecular formula is C9H9NO. The van der Waals surface area contributed by atoms with Gasteiger partial charge in [-0.25, -0.2) is 0 Å². The number of hydrogen-bond donors (Lipinski definition) is 2. The lowest BCUT2D eigenvalue weighted by atomic mass is 10.1. The number of rotatable bonds is 0. The highest BCUT2D eigenvalue weighted by molar-refractivity contribution is 5.58. The van der Waals surface area contributed by atoms with Crippen molar-refractivity contribution in [3.63, 3.8) is 0 Å². The van der Waals surface area contributed by atoms with Crippen molar-refractivity contribution in [1.29, 1.82) is 0 Å². The molecule has 11 heavy (non-hydrogen) atoms. The predicted octanol–water partition coefficient (Wildman–Crippen LogP) is 1.87. The number of phenols is 1. The summed E-state index contributed by atoms with van der Waals surface area (Å²) in [6.07, 6.45) is 4.89. The van der Waals surface area contributed by atoms with Crippen molar-refractivity contribution in [3.05, 3.63) is 36.0 Å². The molecule has 0 radical (unpaired) electrons. The van der Waals surface area contributed by atoms with Crippen molar-refractivity contribution in [2.24, 2.45) is 0 Å². The smallest absolute Gasteiger partial charge is 0.117 e. The fraction of sp³-hybridized carbons (Fsp3) is 0.111. The predicted molar refractivity (Wildman–Crippen MR) is 44.6 cm³/mol. The maximum absolute atomic E-state index is 9.12. The third-order valence-electron chi connectivity index (χ3n) is 1.79. The molecule has 1 aliphatic heterocycles. The van der Waals surface area contributed by atoms with Gasteiger partial charge in [-0.2, -0.15) is 0 Å². The van der Waals surface area contributed by atoms with Crippen LogP contribution in [0.3, 0.4) is 0 Å². The molecule has 2 nitrogen and oxygen atoms in total. The summed E-state index contributed by atoms with van der Waals surface area (Å²) in [4.78, 5) is 0. The number of anilines is 1. The zero-order valence-electron chi connectivity index (χ0n) is 6.04. The Morgan fingerprint density at radius 2 is 2.27 bits per heavy atom. The molecule has 0 bridgehead atoms. The molecule has 0 saturated heterocycles. The van der Waals surface area contributed by atoms with E-state index >= 15 is 0 Å². The number of aromatic hydroxyl groups is 1. The topological polar surface area (TPSA) is 32.3 Å². The number of fused-ring (bicyclic) bond motifs is 1. The summed E-state index contributed by atoms with van der Waals surface area (Å²) in [6.45, 7) is 0. The van der Waals surface area contributed by atoms with Gasteiger partial charge in [0.1, 0.15) is 5.75 Å². The lowest BCUT2D eigenvalue weighted by Crippen LogP contribution is -1.98. The van der Waals surface area contributed by atoms with Crippen LogP contribution in [0.5, 0.6) is 5.75 Å². The van der Waals surface area contributed by atoms with Crippen molar-refractivity contribution in [1.82, 2.24) is 0 Å². The standard InChI is InChI=1S/C9H9NO/c11-8-4-3-7-2-1-5-10-9(7)6-8/h1,3-6,10-11H,2H2. The number of benzene rings is 1. The van der Waals surface area contributed by atoms with Gasteiger partial charge in [0.2, 0.25) is 0 Å². The van der Waals surface area contributed by atoms with E-state index < -0.39 is 0 Å². The minimum atomic E-state index is 0.312. The molecule has 0 spiro atoms. The van der Waals surface area contributed by atoms with E-state index in [1.807, 2.05) is 12.3 Å². The summed E-state index contributed by atoms with van der Waals surface area (Å²) < 4.78 is 0. The van der Waals surface area contributed by atoms with Crippen LogP contribution in [0.2, 0.25) is 0 Å². The SMILES string of the molecule is Oc1ccc2c(c1)NC=CC2. The van der Waals surface area contributed by atoms with E-state index in [2.05, 4.69) is 11.4 Å². The van der Waals surface area contributed by atoms with Crippen LogP contribution in [-0.2, 0) is 6.42 Å². The quantitative estimate of drug-likeness (QED) is 0.587. The van der Waals surface area contributed by atoms with Gasteiger partial charge >= 0.3 is 0 Å². The maximum Gasteiger partial charge on any atom is 0.117 e. The summed E-state index contributed by atoms with van der Waals surface area (Å²) in [6, 6.07) is 5.37. The number of nitrogens with one attached hydrogen (secondary N) is 1. The molecule has 0 saturated carbocycles. The molecule has 1 heterocycles. The Morgan fingerprint density at radius 3 is 3.18 bits per heavy atom. The molecule has 0 fully saturated rings. The summed E-state index contributed by atoms with van der Waals surface area (Å²) in [5, 5.41) is 12.2. The van der Waals surface area contributed by atoms with Crippen LogP contribution in [0, 0.1) is 0 Å². The van der Waals surface area contributed by atoms with Crippen molar-refractivity contribution in [2.75, 3.05) is 5.32 Å². The van der Waals surface area contributed by atoms with Crippen LogP contribution in [0.25, 0.3) is 0 Å². The zero-order chi connectivity index (χ0) is 7.68. The zero-order valence-corrected chi connectivity index (χ0v) is 6.04. The molecule has 0 aromatic heterocycles. The van der Waals surface area contributed by atoms with Gasteiger partial charge in [-0.3, -0.25) is 0 Å². The summed E-state index contributed by atoms with van der Waals surface area (Å²) >= 11 is 0.